The molecule has 0 radical (unpaired) electrons. The van der Waals surface area contributed by atoms with Crippen LogP contribution in [0.1, 0.15) is 30.5 Å². The predicted molar refractivity (Wildman–Crippen MR) is 163 cm³/mol. The van der Waals surface area contributed by atoms with Gasteiger partial charge >= 0.3 is 0 Å². The molecule has 5 rings (SSSR count). The monoisotopic (exact) mass is 561 g/mol. The third kappa shape index (κ3) is 6.55. The van der Waals surface area contributed by atoms with Gasteiger partial charge in [0.25, 0.3) is 5.56 Å². The van der Waals surface area contributed by atoms with Crippen molar-refractivity contribution in [3.63, 3.8) is 0 Å². The normalized spacial score (nSPS) is 10.8. The Kier molecular flexibility index (Phi) is 8.43. The molecule has 8 heteroatoms. The smallest absolute Gasteiger partial charge is 0.262 e. The lowest BCUT2D eigenvalue weighted by Crippen LogP contribution is -2.24. The van der Waals surface area contributed by atoms with Crippen molar-refractivity contribution in [2.24, 2.45) is 0 Å². The summed E-state index contributed by atoms with van der Waals surface area (Å²) in [5.41, 5.74) is 4.23. The lowest BCUT2D eigenvalue weighted by Gasteiger charge is -2.17. The van der Waals surface area contributed by atoms with E-state index in [-0.39, 0.29) is 23.9 Å². The lowest BCUT2D eigenvalue weighted by molar-refractivity contribution is -0.116. The molecule has 0 fully saturated rings. The summed E-state index contributed by atoms with van der Waals surface area (Å²) in [5, 5.41) is 3.15. The van der Waals surface area contributed by atoms with Crippen molar-refractivity contribution in [1.82, 2.24) is 9.55 Å². The van der Waals surface area contributed by atoms with Crippen molar-refractivity contribution in [3.05, 3.63) is 118 Å². The molecule has 42 heavy (non-hydrogen) atoms. The van der Waals surface area contributed by atoms with E-state index in [9.17, 15) is 14.4 Å². The summed E-state index contributed by atoms with van der Waals surface area (Å²) < 4.78 is 13.3. The van der Waals surface area contributed by atoms with Gasteiger partial charge in [0.05, 0.1) is 24.6 Å². The minimum atomic E-state index is -0.219. The quantitative estimate of drug-likeness (QED) is 0.232. The number of Topliss-reactive ketones (excluding diaryl/α,β-unsaturated/α-hetero) is 1. The average molecular weight is 562 g/mol. The third-order valence-corrected chi connectivity index (χ3v) is 6.77. The molecule has 1 aromatic heterocycles. The molecule has 0 aliphatic carbocycles. The highest BCUT2D eigenvalue weighted by molar-refractivity contribution is 5.92. The van der Waals surface area contributed by atoms with Crippen LogP contribution in [0, 0.1) is 0 Å². The zero-order chi connectivity index (χ0) is 29.6. The molecule has 5 aromatic rings. The van der Waals surface area contributed by atoms with Crippen LogP contribution in [0.15, 0.2) is 95.8 Å². The number of hydrogen-bond donors (Lipinski definition) is 1. The predicted octanol–water partition coefficient (Wildman–Crippen LogP) is 5.79. The summed E-state index contributed by atoms with van der Waals surface area (Å²) in [6, 6.07) is 27.9. The Morgan fingerprint density at radius 1 is 0.881 bits per heavy atom. The lowest BCUT2D eigenvalue weighted by atomic mass is 10.1. The molecule has 0 aliphatic rings. The molecular formula is C34H31N3O5. The second-order valence-electron chi connectivity index (χ2n) is 10.1. The number of anilines is 1. The molecule has 0 atom stereocenters. The van der Waals surface area contributed by atoms with Crippen LogP contribution < -0.4 is 20.3 Å². The number of carbonyl (C=O) groups is 2. The Morgan fingerprint density at radius 2 is 1.64 bits per heavy atom. The minimum absolute atomic E-state index is 0.103. The van der Waals surface area contributed by atoms with Crippen LogP contribution in [0.25, 0.3) is 22.3 Å². The maximum absolute atomic E-state index is 13.9. The number of ether oxygens (including phenoxy) is 2. The van der Waals surface area contributed by atoms with Gasteiger partial charge < -0.3 is 14.8 Å². The number of ketones is 1. The number of fused-ring (bicyclic) bond motifs is 1. The van der Waals surface area contributed by atoms with Gasteiger partial charge in [0.1, 0.15) is 29.7 Å². The number of hydrogen-bond acceptors (Lipinski definition) is 6. The molecule has 0 saturated carbocycles. The van der Waals surface area contributed by atoms with E-state index >= 15 is 0 Å². The summed E-state index contributed by atoms with van der Waals surface area (Å²) in [5.74, 6) is 1.69. The van der Waals surface area contributed by atoms with E-state index in [1.807, 2.05) is 72.8 Å². The van der Waals surface area contributed by atoms with Gasteiger partial charge in [-0.3, -0.25) is 19.0 Å². The molecule has 4 aromatic carbocycles. The first-order valence-electron chi connectivity index (χ1n) is 13.6. The highest BCUT2D eigenvalue weighted by Crippen LogP contribution is 2.28. The second kappa shape index (κ2) is 12.5. The zero-order valence-electron chi connectivity index (χ0n) is 23.7. The van der Waals surface area contributed by atoms with Crippen LogP contribution in [-0.2, 0) is 29.2 Å². The molecule has 0 unspecified atom stereocenters. The Morgan fingerprint density at radius 3 is 2.33 bits per heavy atom. The first kappa shape index (κ1) is 28.3. The van der Waals surface area contributed by atoms with E-state index in [4.69, 9.17) is 14.5 Å². The topological polar surface area (TPSA) is 99.5 Å². The van der Waals surface area contributed by atoms with Crippen LogP contribution in [-0.4, -0.2) is 28.4 Å². The second-order valence-corrected chi connectivity index (χ2v) is 10.1. The van der Waals surface area contributed by atoms with Crippen LogP contribution >= 0.6 is 0 Å². The number of rotatable bonds is 10. The molecular weight excluding hydrogens is 530 g/mol. The fraction of sp³-hybridized carbons (Fsp3) is 0.176. The molecule has 0 bridgehead atoms. The van der Waals surface area contributed by atoms with Gasteiger partial charge in [0.15, 0.2) is 0 Å². The summed E-state index contributed by atoms with van der Waals surface area (Å²) in [6.07, 6.45) is 0.383. The molecule has 8 nitrogen and oxygen atoms in total. The van der Waals surface area contributed by atoms with E-state index in [0.29, 0.717) is 46.9 Å². The summed E-state index contributed by atoms with van der Waals surface area (Å²) >= 11 is 0. The molecule has 0 spiro atoms. The van der Waals surface area contributed by atoms with Gasteiger partial charge in [-0.05, 0) is 66.6 Å². The fourth-order valence-electron chi connectivity index (χ4n) is 4.82. The summed E-state index contributed by atoms with van der Waals surface area (Å²) in [7, 11) is 1.60. The SMILES string of the molecule is COc1ccc(-c2nc3ccc(NC(C)=O)cc3c(=O)n2Cc2ccccc2)cc1COc1ccc(CC(C)=O)cc1. The van der Waals surface area contributed by atoms with Crippen LogP contribution in [0.3, 0.4) is 0 Å². The van der Waals surface area contributed by atoms with E-state index in [0.717, 1.165) is 22.3 Å². The van der Waals surface area contributed by atoms with Crippen molar-refractivity contribution in [1.29, 1.82) is 0 Å². The molecule has 0 saturated heterocycles. The Labute approximate surface area is 243 Å². The van der Waals surface area contributed by atoms with E-state index in [1.165, 1.54) is 6.92 Å². The number of benzene rings is 4. The average Bonchev–Trinajstić information content (AvgIpc) is 2.98. The van der Waals surface area contributed by atoms with Gasteiger partial charge in [-0.15, -0.1) is 0 Å². The molecule has 1 heterocycles. The maximum Gasteiger partial charge on any atom is 0.262 e. The van der Waals surface area contributed by atoms with Gasteiger partial charge in [0.2, 0.25) is 5.91 Å². The molecule has 212 valence electrons. The summed E-state index contributed by atoms with van der Waals surface area (Å²) in [4.78, 5) is 41.9. The maximum atomic E-state index is 13.9. The summed E-state index contributed by atoms with van der Waals surface area (Å²) in [6.45, 7) is 3.52. The van der Waals surface area contributed by atoms with Gasteiger partial charge in [-0.25, -0.2) is 4.98 Å². The largest absolute Gasteiger partial charge is 0.496 e. The number of methoxy groups -OCH3 is 1. The zero-order valence-corrected chi connectivity index (χ0v) is 23.7. The van der Waals surface area contributed by atoms with Crippen LogP contribution in [0.5, 0.6) is 11.5 Å². The third-order valence-electron chi connectivity index (χ3n) is 6.77. The van der Waals surface area contributed by atoms with Crippen molar-refractivity contribution in [2.75, 3.05) is 12.4 Å². The van der Waals surface area contributed by atoms with Crippen molar-refractivity contribution < 1.29 is 19.1 Å². The highest BCUT2D eigenvalue weighted by atomic mass is 16.5. The fourth-order valence-corrected chi connectivity index (χ4v) is 4.82. The van der Waals surface area contributed by atoms with Crippen molar-refractivity contribution >= 4 is 28.3 Å². The number of nitrogens with zero attached hydrogens (tertiary/aromatic N) is 2. The van der Waals surface area contributed by atoms with Gasteiger partial charge in [0, 0.05) is 30.2 Å². The first-order chi connectivity index (χ1) is 20.3. The number of carbonyl (C=O) groups excluding carboxylic acids is 2. The Hall–Kier alpha value is -5.24. The van der Waals surface area contributed by atoms with Crippen molar-refractivity contribution in [3.8, 4) is 22.9 Å². The van der Waals surface area contributed by atoms with Crippen LogP contribution in [0.4, 0.5) is 5.69 Å². The van der Waals surface area contributed by atoms with Gasteiger partial charge in [-0.2, -0.15) is 0 Å². The number of amides is 1. The Balaban J connectivity index is 1.55. The number of aromatic nitrogens is 2. The minimum Gasteiger partial charge on any atom is -0.496 e. The standard InChI is InChI=1S/C34H31N3O5/c1-22(38)17-24-9-13-29(14-10-24)42-21-27-18-26(11-16-32(27)41-3)33-36-31-15-12-28(35-23(2)39)19-30(31)34(40)37(33)20-25-7-5-4-6-8-25/h4-16,18-19H,17,20-21H2,1-3H3,(H,35,39). The molecule has 1 N–H and O–H groups in total. The van der Waals surface area contributed by atoms with Crippen molar-refractivity contribution in [2.45, 2.75) is 33.4 Å². The molecule has 0 aliphatic heterocycles. The van der Waals surface area contributed by atoms with E-state index in [1.54, 1.807) is 36.8 Å². The van der Waals surface area contributed by atoms with E-state index < -0.39 is 0 Å². The van der Waals surface area contributed by atoms with Gasteiger partial charge in [-0.1, -0.05) is 42.5 Å². The number of nitrogens with one attached hydrogen (secondary N) is 1. The molecule has 1 amide bonds. The van der Waals surface area contributed by atoms with E-state index in [2.05, 4.69) is 5.32 Å². The van der Waals surface area contributed by atoms with Crippen LogP contribution in [0.2, 0.25) is 0 Å². The Bertz CT molecular complexity index is 1810. The first-order valence-corrected chi connectivity index (χ1v) is 13.6. The highest BCUT2D eigenvalue weighted by Gasteiger charge is 2.16.